The lowest BCUT2D eigenvalue weighted by atomic mass is 9.99. The third-order valence-electron chi connectivity index (χ3n) is 3.74. The maximum absolute atomic E-state index is 12.2. The summed E-state index contributed by atoms with van der Waals surface area (Å²) in [6.07, 6.45) is 3.19. The van der Waals surface area contributed by atoms with Crippen molar-refractivity contribution < 1.29 is 9.53 Å². The minimum Gasteiger partial charge on any atom is -0.381 e. The monoisotopic (exact) mass is 331 g/mol. The van der Waals surface area contributed by atoms with Gasteiger partial charge in [0.05, 0.1) is 11.9 Å². The number of aromatic nitrogens is 1. The predicted octanol–water partition coefficient (Wildman–Crippen LogP) is 3.84. The van der Waals surface area contributed by atoms with Crippen LogP contribution in [0.1, 0.15) is 12.8 Å². The Morgan fingerprint density at radius 3 is 2.43 bits per heavy atom. The summed E-state index contributed by atoms with van der Waals surface area (Å²) < 4.78 is 5.27. The molecule has 120 valence electrons. The van der Waals surface area contributed by atoms with E-state index in [0.29, 0.717) is 29.7 Å². The average molecular weight is 332 g/mol. The fraction of sp³-hybridized carbons (Fsp3) is 0.294. The Morgan fingerprint density at radius 2 is 1.78 bits per heavy atom. The largest absolute Gasteiger partial charge is 0.381 e. The summed E-state index contributed by atoms with van der Waals surface area (Å²) in [5.41, 5.74) is 1.60. The van der Waals surface area contributed by atoms with Gasteiger partial charge >= 0.3 is 0 Å². The van der Waals surface area contributed by atoms with E-state index < -0.39 is 0 Å². The second-order valence-corrected chi connectivity index (χ2v) is 5.88. The first-order valence-corrected chi connectivity index (χ1v) is 7.96. The summed E-state index contributed by atoms with van der Waals surface area (Å²) in [6, 6.07) is 11.0. The molecule has 3 rings (SSSR count). The van der Waals surface area contributed by atoms with Crippen LogP contribution in [0.15, 0.2) is 42.6 Å². The van der Waals surface area contributed by atoms with E-state index in [1.54, 1.807) is 6.20 Å². The van der Waals surface area contributed by atoms with Gasteiger partial charge in [-0.2, -0.15) is 0 Å². The molecule has 0 spiro atoms. The maximum Gasteiger partial charge on any atom is 0.227 e. The number of ether oxygens (including phenoxy) is 1. The molecule has 0 radical (unpaired) electrons. The molecule has 0 atom stereocenters. The maximum atomic E-state index is 12.2. The van der Waals surface area contributed by atoms with E-state index in [-0.39, 0.29) is 11.8 Å². The molecule has 1 fully saturated rings. The van der Waals surface area contributed by atoms with Gasteiger partial charge in [-0.25, -0.2) is 4.98 Å². The zero-order valence-corrected chi connectivity index (χ0v) is 13.3. The van der Waals surface area contributed by atoms with E-state index in [0.717, 1.165) is 18.5 Å². The number of nitrogens with zero attached hydrogens (tertiary/aromatic N) is 1. The second-order valence-electron chi connectivity index (χ2n) is 5.44. The lowest BCUT2D eigenvalue weighted by molar-refractivity contribution is -0.122. The van der Waals surface area contributed by atoms with Gasteiger partial charge in [0.25, 0.3) is 0 Å². The van der Waals surface area contributed by atoms with Crippen LogP contribution in [0, 0.1) is 5.92 Å². The highest BCUT2D eigenvalue weighted by atomic mass is 35.5. The fourth-order valence-corrected chi connectivity index (χ4v) is 2.55. The normalized spacial score (nSPS) is 15.2. The molecule has 0 saturated carbocycles. The van der Waals surface area contributed by atoms with E-state index in [4.69, 9.17) is 16.3 Å². The molecule has 1 aromatic carbocycles. The summed E-state index contributed by atoms with van der Waals surface area (Å²) >= 11 is 5.86. The van der Waals surface area contributed by atoms with Gasteiger partial charge in [0, 0.05) is 29.8 Å². The number of hydrogen-bond donors (Lipinski definition) is 2. The van der Waals surface area contributed by atoms with Crippen molar-refractivity contribution >= 4 is 34.7 Å². The van der Waals surface area contributed by atoms with Crippen molar-refractivity contribution in [2.75, 3.05) is 23.8 Å². The minimum absolute atomic E-state index is 0.0237. The Kier molecular flexibility index (Phi) is 5.10. The number of hydrogen-bond acceptors (Lipinski definition) is 4. The summed E-state index contributed by atoms with van der Waals surface area (Å²) in [6.45, 7) is 1.31. The number of pyridine rings is 1. The van der Waals surface area contributed by atoms with Crippen molar-refractivity contribution in [2.24, 2.45) is 5.92 Å². The molecule has 2 heterocycles. The van der Waals surface area contributed by atoms with Gasteiger partial charge in [0.15, 0.2) is 0 Å². The van der Waals surface area contributed by atoms with E-state index >= 15 is 0 Å². The van der Waals surface area contributed by atoms with Crippen molar-refractivity contribution in [2.45, 2.75) is 12.8 Å². The fourth-order valence-electron chi connectivity index (χ4n) is 2.43. The zero-order chi connectivity index (χ0) is 16.1. The second kappa shape index (κ2) is 7.44. The van der Waals surface area contributed by atoms with E-state index in [2.05, 4.69) is 15.6 Å². The molecule has 1 aliphatic rings. The van der Waals surface area contributed by atoms with Crippen molar-refractivity contribution in [1.82, 2.24) is 4.98 Å². The molecule has 0 aliphatic carbocycles. The molecule has 23 heavy (non-hydrogen) atoms. The van der Waals surface area contributed by atoms with Crippen LogP contribution in [0.5, 0.6) is 0 Å². The number of anilines is 3. The quantitative estimate of drug-likeness (QED) is 0.893. The van der Waals surface area contributed by atoms with Gasteiger partial charge in [0.1, 0.15) is 5.82 Å². The third-order valence-corrected chi connectivity index (χ3v) is 3.99. The van der Waals surface area contributed by atoms with Crippen LogP contribution in [0.3, 0.4) is 0 Å². The van der Waals surface area contributed by atoms with Crippen molar-refractivity contribution in [3.63, 3.8) is 0 Å². The smallest absolute Gasteiger partial charge is 0.227 e. The molecular weight excluding hydrogens is 314 g/mol. The van der Waals surface area contributed by atoms with E-state index in [9.17, 15) is 4.79 Å². The van der Waals surface area contributed by atoms with Gasteiger partial charge in [-0.3, -0.25) is 4.79 Å². The highest BCUT2D eigenvalue weighted by Crippen LogP contribution is 2.20. The number of halogens is 1. The Morgan fingerprint density at radius 1 is 1.09 bits per heavy atom. The highest BCUT2D eigenvalue weighted by molar-refractivity contribution is 6.30. The third kappa shape index (κ3) is 4.43. The predicted molar refractivity (Wildman–Crippen MR) is 91.1 cm³/mol. The first-order chi connectivity index (χ1) is 11.2. The molecule has 2 N–H and O–H groups in total. The topological polar surface area (TPSA) is 63.2 Å². The van der Waals surface area contributed by atoms with E-state index in [1.165, 1.54) is 0 Å². The van der Waals surface area contributed by atoms with Crippen molar-refractivity contribution in [1.29, 1.82) is 0 Å². The molecule has 5 nitrogen and oxygen atoms in total. The van der Waals surface area contributed by atoms with Crippen LogP contribution in [0.4, 0.5) is 17.2 Å². The van der Waals surface area contributed by atoms with Crippen LogP contribution in [-0.2, 0) is 9.53 Å². The lowest BCUT2D eigenvalue weighted by Crippen LogP contribution is -2.28. The molecule has 1 aromatic heterocycles. The first kappa shape index (κ1) is 15.8. The van der Waals surface area contributed by atoms with Gasteiger partial charge < -0.3 is 15.4 Å². The first-order valence-electron chi connectivity index (χ1n) is 7.58. The lowest BCUT2D eigenvalue weighted by Gasteiger charge is -2.21. The number of carbonyl (C=O) groups excluding carboxylic acids is 1. The molecule has 6 heteroatoms. The van der Waals surface area contributed by atoms with Crippen LogP contribution in [-0.4, -0.2) is 24.1 Å². The highest BCUT2D eigenvalue weighted by Gasteiger charge is 2.21. The van der Waals surface area contributed by atoms with Gasteiger partial charge in [-0.05, 0) is 49.2 Å². The molecule has 2 aromatic rings. The molecule has 1 saturated heterocycles. The number of benzene rings is 1. The Balaban J connectivity index is 1.58. The minimum atomic E-state index is 0.0237. The van der Waals surface area contributed by atoms with E-state index in [1.807, 2.05) is 36.4 Å². The number of carbonyl (C=O) groups is 1. The van der Waals surface area contributed by atoms with Gasteiger partial charge in [-0.15, -0.1) is 0 Å². The Bertz CT molecular complexity index is 653. The zero-order valence-electron chi connectivity index (χ0n) is 12.6. The van der Waals surface area contributed by atoms with Crippen LogP contribution in [0.2, 0.25) is 5.02 Å². The molecule has 1 amide bonds. The van der Waals surface area contributed by atoms with Crippen molar-refractivity contribution in [3.05, 3.63) is 47.6 Å². The molecule has 0 bridgehead atoms. The molecule has 1 aliphatic heterocycles. The van der Waals surface area contributed by atoms with Crippen molar-refractivity contribution in [3.8, 4) is 0 Å². The van der Waals surface area contributed by atoms with Crippen LogP contribution >= 0.6 is 11.6 Å². The Labute approximate surface area is 140 Å². The summed E-state index contributed by atoms with van der Waals surface area (Å²) in [4.78, 5) is 16.5. The molecular formula is C17H18ClN3O2. The summed E-state index contributed by atoms with van der Waals surface area (Å²) in [5.74, 6) is 0.764. The van der Waals surface area contributed by atoms with Gasteiger partial charge in [-0.1, -0.05) is 11.6 Å². The number of amides is 1. The number of rotatable bonds is 4. The van der Waals surface area contributed by atoms with Crippen LogP contribution in [0.25, 0.3) is 0 Å². The van der Waals surface area contributed by atoms with Gasteiger partial charge in [0.2, 0.25) is 5.91 Å². The Hall–Kier alpha value is -2.11. The standard InChI is InChI=1S/C17H18ClN3O2/c18-13-1-3-14(4-2-13)20-16-6-5-15(11-19-16)21-17(22)12-7-9-23-10-8-12/h1-6,11-12H,7-10H2,(H,19,20)(H,21,22). The average Bonchev–Trinajstić information content (AvgIpc) is 2.59. The number of nitrogens with one attached hydrogen (secondary N) is 2. The van der Waals surface area contributed by atoms with Crippen LogP contribution < -0.4 is 10.6 Å². The molecule has 0 unspecified atom stereocenters. The summed E-state index contributed by atoms with van der Waals surface area (Å²) in [5, 5.41) is 6.77. The SMILES string of the molecule is O=C(Nc1ccc(Nc2ccc(Cl)cc2)nc1)C1CCOCC1. The summed E-state index contributed by atoms with van der Waals surface area (Å²) in [7, 11) is 0.